The van der Waals surface area contributed by atoms with Gasteiger partial charge in [-0.3, -0.25) is 14.5 Å². The normalized spacial score (nSPS) is 10.7. The first-order valence-corrected chi connectivity index (χ1v) is 6.48. The standard InChI is InChI=1S/C15H14N4O/c1-2-11-6-8-12(9-7-11)14(20)16-15-18-17-13-5-3-4-10-19(13)15/h3-10H,2H2,1H3,(H,16,18,20). The molecule has 0 radical (unpaired) electrons. The highest BCUT2D eigenvalue weighted by atomic mass is 16.1. The average molecular weight is 266 g/mol. The van der Waals surface area contributed by atoms with E-state index in [2.05, 4.69) is 22.4 Å². The lowest BCUT2D eigenvalue weighted by molar-refractivity contribution is 0.102. The van der Waals surface area contributed by atoms with Crippen molar-refractivity contribution in [1.29, 1.82) is 0 Å². The number of pyridine rings is 1. The maximum Gasteiger partial charge on any atom is 0.258 e. The van der Waals surface area contributed by atoms with Crippen molar-refractivity contribution in [1.82, 2.24) is 14.6 Å². The number of fused-ring (bicyclic) bond motifs is 1. The van der Waals surface area contributed by atoms with Gasteiger partial charge in [-0.25, -0.2) is 0 Å². The Labute approximate surface area is 116 Å². The number of aryl methyl sites for hydroxylation is 1. The van der Waals surface area contributed by atoms with E-state index in [0.717, 1.165) is 6.42 Å². The maximum absolute atomic E-state index is 12.2. The first-order valence-electron chi connectivity index (χ1n) is 6.48. The van der Waals surface area contributed by atoms with Crippen molar-refractivity contribution in [2.24, 2.45) is 0 Å². The van der Waals surface area contributed by atoms with Crippen LogP contribution in [0, 0.1) is 0 Å². The number of hydrogen-bond acceptors (Lipinski definition) is 3. The molecule has 5 nitrogen and oxygen atoms in total. The molecule has 0 aliphatic heterocycles. The number of benzene rings is 1. The SMILES string of the molecule is CCc1ccc(C(=O)Nc2nnc3ccccn23)cc1. The molecule has 100 valence electrons. The van der Waals surface area contributed by atoms with E-state index >= 15 is 0 Å². The Morgan fingerprint density at radius 1 is 1.15 bits per heavy atom. The zero-order chi connectivity index (χ0) is 13.9. The van der Waals surface area contributed by atoms with Gasteiger partial charge in [0, 0.05) is 11.8 Å². The Bertz CT molecular complexity index is 746. The highest BCUT2D eigenvalue weighted by Gasteiger charge is 2.10. The molecular formula is C15H14N4O. The topological polar surface area (TPSA) is 59.3 Å². The maximum atomic E-state index is 12.2. The second-order valence-corrected chi connectivity index (χ2v) is 4.46. The first kappa shape index (κ1) is 12.3. The third kappa shape index (κ3) is 2.25. The van der Waals surface area contributed by atoms with Gasteiger partial charge in [-0.15, -0.1) is 10.2 Å². The summed E-state index contributed by atoms with van der Waals surface area (Å²) in [6.07, 6.45) is 2.77. The van der Waals surface area contributed by atoms with Crippen LogP contribution in [0.1, 0.15) is 22.8 Å². The van der Waals surface area contributed by atoms with Crippen LogP contribution in [0.2, 0.25) is 0 Å². The van der Waals surface area contributed by atoms with Crippen LogP contribution >= 0.6 is 0 Å². The molecule has 0 aliphatic rings. The van der Waals surface area contributed by atoms with Gasteiger partial charge in [0.05, 0.1) is 0 Å². The Balaban J connectivity index is 1.84. The average Bonchev–Trinajstić information content (AvgIpc) is 2.91. The summed E-state index contributed by atoms with van der Waals surface area (Å²) in [7, 11) is 0. The van der Waals surface area contributed by atoms with E-state index in [4.69, 9.17) is 0 Å². The van der Waals surface area contributed by atoms with Crippen molar-refractivity contribution >= 4 is 17.5 Å². The number of anilines is 1. The minimum atomic E-state index is -0.189. The second-order valence-electron chi connectivity index (χ2n) is 4.46. The van der Waals surface area contributed by atoms with Crippen LogP contribution in [-0.4, -0.2) is 20.5 Å². The van der Waals surface area contributed by atoms with Crippen LogP contribution in [0.25, 0.3) is 5.65 Å². The number of carbonyl (C=O) groups is 1. The molecule has 20 heavy (non-hydrogen) atoms. The molecule has 1 N–H and O–H groups in total. The van der Waals surface area contributed by atoms with Crippen LogP contribution in [0.5, 0.6) is 0 Å². The molecule has 1 aromatic carbocycles. The summed E-state index contributed by atoms with van der Waals surface area (Å²) in [5.74, 6) is 0.232. The van der Waals surface area contributed by atoms with Crippen LogP contribution in [0.4, 0.5) is 5.95 Å². The molecule has 3 rings (SSSR count). The van der Waals surface area contributed by atoms with E-state index in [-0.39, 0.29) is 5.91 Å². The van der Waals surface area contributed by atoms with E-state index in [1.54, 1.807) is 4.40 Å². The fraction of sp³-hybridized carbons (Fsp3) is 0.133. The molecular weight excluding hydrogens is 252 g/mol. The summed E-state index contributed by atoms with van der Waals surface area (Å²) in [5.41, 5.74) is 2.51. The molecule has 0 spiro atoms. The smallest absolute Gasteiger partial charge is 0.258 e. The lowest BCUT2D eigenvalue weighted by Crippen LogP contribution is -2.14. The lowest BCUT2D eigenvalue weighted by atomic mass is 10.1. The van der Waals surface area contributed by atoms with Crippen molar-refractivity contribution in [3.63, 3.8) is 0 Å². The fourth-order valence-electron chi connectivity index (χ4n) is 1.99. The van der Waals surface area contributed by atoms with Gasteiger partial charge in [0.25, 0.3) is 5.91 Å². The predicted octanol–water partition coefficient (Wildman–Crippen LogP) is 2.54. The number of rotatable bonds is 3. The highest BCUT2D eigenvalue weighted by molar-refractivity contribution is 6.03. The summed E-state index contributed by atoms with van der Waals surface area (Å²) in [6.45, 7) is 2.08. The van der Waals surface area contributed by atoms with Gasteiger partial charge in [0.1, 0.15) is 0 Å². The second kappa shape index (κ2) is 5.13. The third-order valence-electron chi connectivity index (χ3n) is 3.16. The van der Waals surface area contributed by atoms with E-state index < -0.39 is 0 Å². The van der Waals surface area contributed by atoms with Crippen LogP contribution < -0.4 is 5.32 Å². The summed E-state index contributed by atoms with van der Waals surface area (Å²) in [6, 6.07) is 13.1. The molecule has 2 heterocycles. The summed E-state index contributed by atoms with van der Waals surface area (Å²) < 4.78 is 1.73. The highest BCUT2D eigenvalue weighted by Crippen LogP contribution is 2.10. The van der Waals surface area contributed by atoms with Gasteiger partial charge in [-0.2, -0.15) is 0 Å². The molecule has 0 atom stereocenters. The Morgan fingerprint density at radius 3 is 2.70 bits per heavy atom. The number of nitrogens with one attached hydrogen (secondary N) is 1. The first-order chi connectivity index (χ1) is 9.78. The van der Waals surface area contributed by atoms with Crippen molar-refractivity contribution in [2.75, 3.05) is 5.32 Å². The molecule has 1 amide bonds. The van der Waals surface area contributed by atoms with E-state index in [1.807, 2.05) is 48.7 Å². The summed E-state index contributed by atoms with van der Waals surface area (Å²) in [5, 5.41) is 10.7. The van der Waals surface area contributed by atoms with Crippen LogP contribution in [-0.2, 0) is 6.42 Å². The number of amides is 1. The predicted molar refractivity (Wildman–Crippen MR) is 76.8 cm³/mol. The quantitative estimate of drug-likeness (QED) is 0.792. The van der Waals surface area contributed by atoms with E-state index in [9.17, 15) is 4.79 Å². The summed E-state index contributed by atoms with van der Waals surface area (Å²) in [4.78, 5) is 12.2. The van der Waals surface area contributed by atoms with Gasteiger partial charge in [0.2, 0.25) is 5.95 Å². The van der Waals surface area contributed by atoms with Crippen molar-refractivity contribution in [3.05, 3.63) is 59.8 Å². The minimum Gasteiger partial charge on any atom is -0.290 e. The van der Waals surface area contributed by atoms with Gasteiger partial charge in [0.15, 0.2) is 5.65 Å². The number of aromatic nitrogens is 3. The van der Waals surface area contributed by atoms with Crippen LogP contribution in [0.15, 0.2) is 48.7 Å². The molecule has 0 aliphatic carbocycles. The third-order valence-corrected chi connectivity index (χ3v) is 3.16. The van der Waals surface area contributed by atoms with Crippen LogP contribution in [0.3, 0.4) is 0 Å². The lowest BCUT2D eigenvalue weighted by Gasteiger charge is -2.04. The molecule has 0 fully saturated rings. The van der Waals surface area contributed by atoms with Gasteiger partial charge < -0.3 is 0 Å². The molecule has 2 aromatic heterocycles. The van der Waals surface area contributed by atoms with Gasteiger partial charge >= 0.3 is 0 Å². The Morgan fingerprint density at radius 2 is 1.95 bits per heavy atom. The minimum absolute atomic E-state index is 0.189. The fourth-order valence-corrected chi connectivity index (χ4v) is 1.99. The number of carbonyl (C=O) groups excluding carboxylic acids is 1. The summed E-state index contributed by atoms with van der Waals surface area (Å²) >= 11 is 0. The molecule has 0 unspecified atom stereocenters. The van der Waals surface area contributed by atoms with Crippen molar-refractivity contribution < 1.29 is 4.79 Å². The molecule has 3 aromatic rings. The van der Waals surface area contributed by atoms with Gasteiger partial charge in [-0.1, -0.05) is 25.1 Å². The van der Waals surface area contributed by atoms with Gasteiger partial charge in [-0.05, 0) is 36.2 Å². The van der Waals surface area contributed by atoms with Crippen molar-refractivity contribution in [2.45, 2.75) is 13.3 Å². The zero-order valence-electron chi connectivity index (χ0n) is 11.1. The Kier molecular flexibility index (Phi) is 3.16. The largest absolute Gasteiger partial charge is 0.290 e. The number of hydrogen-bond donors (Lipinski definition) is 1. The van der Waals surface area contributed by atoms with Crippen molar-refractivity contribution in [3.8, 4) is 0 Å². The molecule has 0 saturated heterocycles. The monoisotopic (exact) mass is 266 g/mol. The van der Waals surface area contributed by atoms with E-state index in [0.29, 0.717) is 17.2 Å². The molecule has 5 heteroatoms. The van der Waals surface area contributed by atoms with E-state index in [1.165, 1.54) is 5.56 Å². The Hall–Kier alpha value is -2.69. The number of nitrogens with zero attached hydrogens (tertiary/aromatic N) is 3. The molecule has 0 saturated carbocycles. The molecule has 0 bridgehead atoms. The zero-order valence-corrected chi connectivity index (χ0v) is 11.1.